The highest BCUT2D eigenvalue weighted by Crippen LogP contribution is 2.65. The fourth-order valence-electron chi connectivity index (χ4n) is 5.90. The van der Waals surface area contributed by atoms with Gasteiger partial charge < -0.3 is 9.47 Å². The Morgan fingerprint density at radius 3 is 2.44 bits per heavy atom. The summed E-state index contributed by atoms with van der Waals surface area (Å²) in [4.78, 5) is 26.2. The third-order valence-electron chi connectivity index (χ3n) is 7.54. The van der Waals surface area contributed by atoms with Crippen molar-refractivity contribution in [3.05, 3.63) is 69.2 Å². The molecule has 0 radical (unpaired) electrons. The molecule has 4 aliphatic carbocycles. The molecule has 5 aliphatic rings. The van der Waals surface area contributed by atoms with Crippen LogP contribution in [0.3, 0.4) is 0 Å². The first-order valence-electron chi connectivity index (χ1n) is 11.3. The molecule has 1 aliphatic heterocycles. The van der Waals surface area contributed by atoms with Gasteiger partial charge in [0.2, 0.25) is 0 Å². The summed E-state index contributed by atoms with van der Waals surface area (Å²) in [5, 5.41) is 6.02. The predicted octanol–water partition coefficient (Wildman–Crippen LogP) is 5.08. The van der Waals surface area contributed by atoms with E-state index in [1.165, 1.54) is 6.21 Å². The molecule has 2 aromatic carbocycles. The summed E-state index contributed by atoms with van der Waals surface area (Å²) in [5.41, 5.74) is 1.53. The molecule has 1 heterocycles. The zero-order valence-electron chi connectivity index (χ0n) is 18.4. The Kier molecular flexibility index (Phi) is 5.30. The molecular weight excluding hydrogens is 520 g/mol. The second-order valence-corrected chi connectivity index (χ2v) is 10.6. The number of rotatable bonds is 6. The molecule has 0 spiro atoms. The second-order valence-electron chi connectivity index (χ2n) is 9.30. The van der Waals surface area contributed by atoms with Gasteiger partial charge >= 0.3 is 0 Å². The molecular formula is C26H22BrClN2O4. The summed E-state index contributed by atoms with van der Waals surface area (Å²) in [6.45, 7) is 0.278. The zero-order valence-corrected chi connectivity index (χ0v) is 20.7. The fourth-order valence-corrected chi connectivity index (χ4v) is 6.66. The maximum Gasteiger partial charge on any atom is 0.254 e. The van der Waals surface area contributed by atoms with E-state index in [0.29, 0.717) is 38.4 Å². The van der Waals surface area contributed by atoms with Crippen molar-refractivity contribution in [3.8, 4) is 11.5 Å². The first-order valence-corrected chi connectivity index (χ1v) is 12.5. The molecule has 7 rings (SSSR count). The van der Waals surface area contributed by atoms with Crippen molar-refractivity contribution in [2.24, 2.45) is 40.6 Å². The molecule has 2 saturated carbocycles. The van der Waals surface area contributed by atoms with Gasteiger partial charge in [-0.05, 0) is 69.8 Å². The van der Waals surface area contributed by atoms with Crippen molar-refractivity contribution in [1.82, 2.24) is 5.01 Å². The lowest BCUT2D eigenvalue weighted by Crippen LogP contribution is -2.40. The van der Waals surface area contributed by atoms with Crippen molar-refractivity contribution < 1.29 is 19.1 Å². The molecule has 6 atom stereocenters. The van der Waals surface area contributed by atoms with Gasteiger partial charge in [-0.25, -0.2) is 0 Å². The lowest BCUT2D eigenvalue weighted by Gasteiger charge is -2.37. The van der Waals surface area contributed by atoms with Crippen LogP contribution in [0.2, 0.25) is 5.02 Å². The van der Waals surface area contributed by atoms with E-state index in [-0.39, 0.29) is 42.1 Å². The number of hydrogen-bond donors (Lipinski definition) is 0. The van der Waals surface area contributed by atoms with Crippen molar-refractivity contribution in [2.75, 3.05) is 7.11 Å². The third kappa shape index (κ3) is 3.40. The van der Waals surface area contributed by atoms with E-state index >= 15 is 0 Å². The molecule has 1 saturated heterocycles. The van der Waals surface area contributed by atoms with Crippen LogP contribution in [0.1, 0.15) is 17.5 Å². The SMILES string of the molecule is COc1cc(/C=N\N2C(=O)[C@@H]3[C@H]4C=C[C@@H]([C@@H]5C[C@@H]45)[C@H]3C2=O)cc(Br)c1OCc1ccccc1Cl. The largest absolute Gasteiger partial charge is 0.493 e. The van der Waals surface area contributed by atoms with Gasteiger partial charge in [-0.1, -0.05) is 42.0 Å². The van der Waals surface area contributed by atoms with Crippen LogP contribution < -0.4 is 9.47 Å². The molecule has 3 fully saturated rings. The number of nitrogens with zero attached hydrogens (tertiary/aromatic N) is 2. The van der Waals surface area contributed by atoms with Crippen LogP contribution in [0.15, 0.2) is 58.1 Å². The van der Waals surface area contributed by atoms with Gasteiger partial charge in [0, 0.05) is 10.6 Å². The van der Waals surface area contributed by atoms with Crippen LogP contribution in [-0.4, -0.2) is 30.1 Å². The van der Waals surface area contributed by atoms with Gasteiger partial charge in [0.25, 0.3) is 11.8 Å². The van der Waals surface area contributed by atoms with E-state index in [1.54, 1.807) is 13.2 Å². The van der Waals surface area contributed by atoms with Gasteiger partial charge in [0.1, 0.15) is 6.61 Å². The quantitative estimate of drug-likeness (QED) is 0.291. The van der Waals surface area contributed by atoms with E-state index in [9.17, 15) is 9.59 Å². The van der Waals surface area contributed by atoms with Crippen LogP contribution in [-0.2, 0) is 16.2 Å². The van der Waals surface area contributed by atoms with Gasteiger partial charge in [-0.15, -0.1) is 0 Å². The van der Waals surface area contributed by atoms with Gasteiger partial charge in [0.15, 0.2) is 11.5 Å². The second kappa shape index (κ2) is 8.24. The number of halogens is 2. The highest BCUT2D eigenvalue weighted by Gasteiger charge is 2.67. The molecule has 174 valence electrons. The minimum atomic E-state index is -0.259. The maximum absolute atomic E-state index is 13.1. The van der Waals surface area contributed by atoms with Crippen molar-refractivity contribution in [3.63, 3.8) is 0 Å². The molecule has 2 aromatic rings. The summed E-state index contributed by atoms with van der Waals surface area (Å²) in [6.07, 6.45) is 6.97. The minimum absolute atomic E-state index is 0.179. The van der Waals surface area contributed by atoms with E-state index < -0.39 is 0 Å². The van der Waals surface area contributed by atoms with Crippen LogP contribution in [0.25, 0.3) is 0 Å². The number of carbonyl (C=O) groups is 2. The molecule has 0 N–H and O–H groups in total. The highest BCUT2D eigenvalue weighted by atomic mass is 79.9. The average molecular weight is 542 g/mol. The van der Waals surface area contributed by atoms with Gasteiger partial charge in [-0.3, -0.25) is 9.59 Å². The van der Waals surface area contributed by atoms with Crippen LogP contribution in [0.4, 0.5) is 0 Å². The monoisotopic (exact) mass is 540 g/mol. The Morgan fingerprint density at radius 2 is 1.79 bits per heavy atom. The average Bonchev–Trinajstić information content (AvgIpc) is 3.62. The van der Waals surface area contributed by atoms with Crippen LogP contribution >= 0.6 is 27.5 Å². The number of allylic oxidation sites excluding steroid dienone is 2. The lowest BCUT2D eigenvalue weighted by atomic mass is 9.63. The molecule has 0 unspecified atom stereocenters. The number of ether oxygens (including phenoxy) is 2. The highest BCUT2D eigenvalue weighted by molar-refractivity contribution is 9.10. The van der Waals surface area contributed by atoms with Gasteiger partial charge in [0.05, 0.1) is 29.6 Å². The van der Waals surface area contributed by atoms with E-state index in [0.717, 1.165) is 17.0 Å². The maximum atomic E-state index is 13.1. The topological polar surface area (TPSA) is 68.2 Å². The third-order valence-corrected chi connectivity index (χ3v) is 8.50. The molecule has 6 nitrogen and oxygen atoms in total. The number of hydrazone groups is 1. The van der Waals surface area contributed by atoms with Crippen molar-refractivity contribution in [2.45, 2.75) is 13.0 Å². The van der Waals surface area contributed by atoms with Crippen LogP contribution in [0, 0.1) is 35.5 Å². The summed E-state index contributed by atoms with van der Waals surface area (Å²) >= 11 is 9.77. The lowest BCUT2D eigenvalue weighted by molar-refractivity contribution is -0.140. The molecule has 2 bridgehead atoms. The van der Waals surface area contributed by atoms with E-state index in [1.807, 2.05) is 30.3 Å². The first kappa shape index (κ1) is 21.9. The van der Waals surface area contributed by atoms with Gasteiger partial charge in [-0.2, -0.15) is 10.1 Å². The zero-order chi connectivity index (χ0) is 23.6. The molecule has 2 amide bonds. The Bertz CT molecular complexity index is 1230. The number of carbonyl (C=O) groups excluding carboxylic acids is 2. The Morgan fingerprint density at radius 1 is 1.12 bits per heavy atom. The smallest absolute Gasteiger partial charge is 0.254 e. The normalized spacial score (nSPS) is 30.6. The predicted molar refractivity (Wildman–Crippen MR) is 131 cm³/mol. The number of hydrogen-bond acceptors (Lipinski definition) is 5. The van der Waals surface area contributed by atoms with E-state index in [2.05, 4.69) is 33.2 Å². The summed E-state index contributed by atoms with van der Waals surface area (Å²) < 4.78 is 12.2. The first-order chi connectivity index (χ1) is 16.5. The summed E-state index contributed by atoms with van der Waals surface area (Å²) in [7, 11) is 1.55. The fraction of sp³-hybridized carbons (Fsp3) is 0.346. The number of imide groups is 1. The minimum Gasteiger partial charge on any atom is -0.493 e. The van der Waals surface area contributed by atoms with E-state index in [4.69, 9.17) is 21.1 Å². The Labute approximate surface area is 210 Å². The summed E-state index contributed by atoms with van der Waals surface area (Å²) in [5.74, 6) is 1.64. The molecule has 0 aromatic heterocycles. The Hall–Kier alpha value is -2.64. The van der Waals surface area contributed by atoms with Crippen LogP contribution in [0.5, 0.6) is 11.5 Å². The number of methoxy groups -OCH3 is 1. The standard InChI is InChI=1S/C26H22BrClN2O4/c1-33-21-9-13(8-19(27)24(21)34-12-14-4-2-3-5-20(14)28)11-29-30-25(31)22-15-6-7-16(18-10-17(15)18)23(22)26(30)32/h2-9,11,15-18,22-23H,10,12H2,1H3/b29-11-/t15-,16-,17-,18-,22+,23+/m0/s1. The molecule has 34 heavy (non-hydrogen) atoms. The number of benzene rings is 2. The Balaban J connectivity index is 1.21. The summed E-state index contributed by atoms with van der Waals surface area (Å²) in [6, 6.07) is 11.1. The molecule has 8 heteroatoms. The van der Waals surface area contributed by atoms with Crippen molar-refractivity contribution in [1.29, 1.82) is 0 Å². The van der Waals surface area contributed by atoms with Crippen molar-refractivity contribution >= 4 is 45.6 Å². The number of amides is 2.